The van der Waals surface area contributed by atoms with Gasteiger partial charge in [-0.3, -0.25) is 10.6 Å². The average molecular weight is 343 g/mol. The minimum atomic E-state index is -0.382. The molecule has 1 amide bonds. The fourth-order valence-corrected chi connectivity index (χ4v) is 1.77. The Kier molecular flexibility index (Phi) is 4.31. The summed E-state index contributed by atoms with van der Waals surface area (Å²) in [5.74, 6) is 5.29. The van der Waals surface area contributed by atoms with Crippen LogP contribution in [0, 0.1) is 0 Å². The summed E-state index contributed by atoms with van der Waals surface area (Å²) < 4.78 is 0.581. The molecule has 0 unspecified atom stereocenters. The van der Waals surface area contributed by atoms with E-state index < -0.39 is 0 Å². The molecule has 0 saturated carbocycles. The first-order chi connectivity index (χ1) is 9.10. The first kappa shape index (κ1) is 13.7. The highest BCUT2D eigenvalue weighted by atomic mass is 79.9. The van der Waals surface area contributed by atoms with Crippen LogP contribution in [0.25, 0.3) is 0 Å². The molecule has 0 atom stereocenters. The molecule has 1 aromatic heterocycles. The van der Waals surface area contributed by atoms with E-state index in [1.807, 2.05) is 0 Å². The predicted octanol–water partition coefficient (Wildman–Crippen LogP) is 2.43. The zero-order valence-corrected chi connectivity index (χ0v) is 11.9. The molecule has 0 spiro atoms. The Labute approximate surface area is 122 Å². The molecular weight excluding hydrogens is 334 g/mol. The van der Waals surface area contributed by atoms with Crippen molar-refractivity contribution in [2.75, 3.05) is 10.7 Å². The number of benzene rings is 1. The molecule has 1 aromatic carbocycles. The minimum Gasteiger partial charge on any atom is -0.323 e. The molecule has 0 fully saturated rings. The van der Waals surface area contributed by atoms with Gasteiger partial charge in [-0.25, -0.2) is 9.97 Å². The van der Waals surface area contributed by atoms with Gasteiger partial charge in [-0.05, 0) is 34.1 Å². The van der Waals surface area contributed by atoms with E-state index in [1.54, 1.807) is 12.1 Å². The predicted molar refractivity (Wildman–Crippen MR) is 76.9 cm³/mol. The molecule has 0 aliphatic heterocycles. The van der Waals surface area contributed by atoms with Crippen LogP contribution in [0.4, 0.5) is 11.5 Å². The highest BCUT2D eigenvalue weighted by molar-refractivity contribution is 9.10. The van der Waals surface area contributed by atoms with Crippen LogP contribution in [-0.4, -0.2) is 15.9 Å². The lowest BCUT2D eigenvalue weighted by molar-refractivity contribution is 0.102. The van der Waals surface area contributed by atoms with Gasteiger partial charge in [0.05, 0.1) is 23.6 Å². The van der Waals surface area contributed by atoms with Gasteiger partial charge in [0.1, 0.15) is 4.60 Å². The molecule has 0 bridgehead atoms. The zero-order chi connectivity index (χ0) is 13.8. The maximum absolute atomic E-state index is 12.1. The van der Waals surface area contributed by atoms with Gasteiger partial charge >= 0.3 is 0 Å². The number of rotatable bonds is 3. The van der Waals surface area contributed by atoms with Gasteiger partial charge < -0.3 is 10.7 Å². The Morgan fingerprint density at radius 2 is 2.11 bits per heavy atom. The van der Waals surface area contributed by atoms with Gasteiger partial charge in [-0.15, -0.1) is 0 Å². The van der Waals surface area contributed by atoms with Crippen molar-refractivity contribution in [2.24, 2.45) is 5.84 Å². The topological polar surface area (TPSA) is 92.9 Å². The van der Waals surface area contributed by atoms with Crippen LogP contribution in [0.1, 0.15) is 10.4 Å². The lowest BCUT2D eigenvalue weighted by atomic mass is 10.1. The molecule has 2 rings (SSSR count). The standard InChI is InChI=1S/C11H9BrClN5O/c12-9-4-16-10(5-15-9)17-11(19)7-3-6(13)1-2-8(7)18-14/h1-5,18H,14H2,(H,16,17,19). The summed E-state index contributed by atoms with van der Waals surface area (Å²) in [5.41, 5.74) is 3.22. The maximum Gasteiger partial charge on any atom is 0.259 e. The molecule has 0 radical (unpaired) electrons. The number of hydrazine groups is 1. The van der Waals surface area contributed by atoms with Crippen LogP contribution >= 0.6 is 27.5 Å². The molecule has 2 aromatic rings. The van der Waals surface area contributed by atoms with Crippen molar-refractivity contribution < 1.29 is 4.79 Å². The van der Waals surface area contributed by atoms with Gasteiger partial charge in [0.25, 0.3) is 5.91 Å². The molecule has 0 aliphatic rings. The van der Waals surface area contributed by atoms with Crippen LogP contribution in [0.2, 0.25) is 5.02 Å². The fourth-order valence-electron chi connectivity index (χ4n) is 1.39. The quantitative estimate of drug-likeness (QED) is 0.588. The molecule has 19 heavy (non-hydrogen) atoms. The van der Waals surface area contributed by atoms with E-state index in [4.69, 9.17) is 17.4 Å². The summed E-state index contributed by atoms with van der Waals surface area (Å²) in [6.07, 6.45) is 2.91. The molecule has 8 heteroatoms. The SMILES string of the molecule is NNc1ccc(Cl)cc1C(=O)Nc1cnc(Br)cn1. The van der Waals surface area contributed by atoms with Crippen molar-refractivity contribution in [2.45, 2.75) is 0 Å². The zero-order valence-electron chi connectivity index (χ0n) is 9.52. The molecule has 6 nitrogen and oxygen atoms in total. The van der Waals surface area contributed by atoms with E-state index in [1.165, 1.54) is 18.5 Å². The maximum atomic E-state index is 12.1. The molecule has 4 N–H and O–H groups in total. The summed E-state index contributed by atoms with van der Waals surface area (Å²) in [6.45, 7) is 0. The third-order valence-electron chi connectivity index (χ3n) is 2.24. The highest BCUT2D eigenvalue weighted by Gasteiger charge is 2.12. The number of hydrogen-bond acceptors (Lipinski definition) is 5. The van der Waals surface area contributed by atoms with Crippen molar-refractivity contribution in [3.8, 4) is 0 Å². The number of nitrogens with zero attached hydrogens (tertiary/aromatic N) is 2. The molecule has 0 saturated heterocycles. The second-order valence-electron chi connectivity index (χ2n) is 3.51. The normalized spacial score (nSPS) is 10.1. The summed E-state index contributed by atoms with van der Waals surface area (Å²) >= 11 is 9.02. The van der Waals surface area contributed by atoms with E-state index >= 15 is 0 Å². The fraction of sp³-hybridized carbons (Fsp3) is 0. The van der Waals surface area contributed by atoms with Gasteiger partial charge in [0, 0.05) is 5.02 Å². The van der Waals surface area contributed by atoms with Crippen molar-refractivity contribution in [1.29, 1.82) is 0 Å². The Bertz CT molecular complexity index is 605. The Morgan fingerprint density at radius 1 is 1.32 bits per heavy atom. The van der Waals surface area contributed by atoms with Crippen molar-refractivity contribution in [1.82, 2.24) is 9.97 Å². The van der Waals surface area contributed by atoms with Crippen molar-refractivity contribution in [3.63, 3.8) is 0 Å². The van der Waals surface area contributed by atoms with Crippen LogP contribution in [0.5, 0.6) is 0 Å². The van der Waals surface area contributed by atoms with Crippen molar-refractivity contribution >= 4 is 44.9 Å². The number of amides is 1. The highest BCUT2D eigenvalue weighted by Crippen LogP contribution is 2.21. The molecular formula is C11H9BrClN5O. The van der Waals surface area contributed by atoms with E-state index in [0.717, 1.165) is 0 Å². The van der Waals surface area contributed by atoms with Crippen LogP contribution in [-0.2, 0) is 0 Å². The van der Waals surface area contributed by atoms with E-state index in [-0.39, 0.29) is 5.91 Å². The smallest absolute Gasteiger partial charge is 0.259 e. The average Bonchev–Trinajstić information content (AvgIpc) is 2.41. The molecule has 1 heterocycles. The first-order valence-electron chi connectivity index (χ1n) is 5.15. The number of nitrogens with one attached hydrogen (secondary N) is 2. The Morgan fingerprint density at radius 3 is 2.74 bits per heavy atom. The first-order valence-corrected chi connectivity index (χ1v) is 6.32. The summed E-state index contributed by atoms with van der Waals surface area (Å²) in [4.78, 5) is 20.0. The monoisotopic (exact) mass is 341 g/mol. The lowest BCUT2D eigenvalue weighted by Crippen LogP contribution is -2.17. The van der Waals surface area contributed by atoms with Crippen LogP contribution < -0.4 is 16.6 Å². The number of hydrogen-bond donors (Lipinski definition) is 3. The summed E-state index contributed by atoms with van der Waals surface area (Å²) in [6, 6.07) is 4.76. The molecule has 0 aliphatic carbocycles. The van der Waals surface area contributed by atoms with Gasteiger partial charge in [-0.1, -0.05) is 11.6 Å². The summed E-state index contributed by atoms with van der Waals surface area (Å²) in [7, 11) is 0. The number of nitrogen functional groups attached to an aromatic ring is 1. The van der Waals surface area contributed by atoms with Gasteiger partial charge in [0.2, 0.25) is 0 Å². The Balaban J connectivity index is 2.24. The van der Waals surface area contributed by atoms with Gasteiger partial charge in [-0.2, -0.15) is 0 Å². The lowest BCUT2D eigenvalue weighted by Gasteiger charge is -2.09. The van der Waals surface area contributed by atoms with E-state index in [2.05, 4.69) is 36.6 Å². The third-order valence-corrected chi connectivity index (χ3v) is 2.89. The molecule has 98 valence electrons. The van der Waals surface area contributed by atoms with Crippen molar-refractivity contribution in [3.05, 3.63) is 45.8 Å². The number of carbonyl (C=O) groups is 1. The number of carbonyl (C=O) groups excluding carboxylic acids is 1. The van der Waals surface area contributed by atoms with E-state index in [9.17, 15) is 4.79 Å². The van der Waals surface area contributed by atoms with E-state index in [0.29, 0.717) is 26.7 Å². The second-order valence-corrected chi connectivity index (χ2v) is 4.76. The Hall–Kier alpha value is -1.70. The largest absolute Gasteiger partial charge is 0.323 e. The second kappa shape index (κ2) is 5.96. The number of nitrogens with two attached hydrogens (primary N) is 1. The third kappa shape index (κ3) is 3.40. The minimum absolute atomic E-state index is 0.319. The number of halogens is 2. The van der Waals surface area contributed by atoms with Crippen LogP contribution in [0.3, 0.4) is 0 Å². The number of aromatic nitrogens is 2. The summed E-state index contributed by atoms with van der Waals surface area (Å²) in [5, 5.41) is 3.04. The van der Waals surface area contributed by atoms with Gasteiger partial charge in [0.15, 0.2) is 5.82 Å². The number of anilines is 2. The van der Waals surface area contributed by atoms with Crippen LogP contribution in [0.15, 0.2) is 35.2 Å².